The minimum absolute atomic E-state index is 0.0732. The van der Waals surface area contributed by atoms with Crippen LogP contribution in [0.25, 0.3) is 0 Å². The van der Waals surface area contributed by atoms with Crippen molar-refractivity contribution >= 4 is 17.5 Å². The number of carbonyl (C=O) groups excluding carboxylic acids is 2. The van der Waals surface area contributed by atoms with Crippen LogP contribution in [0.4, 0.5) is 10.1 Å². The van der Waals surface area contributed by atoms with E-state index in [9.17, 15) is 14.0 Å². The Hall–Kier alpha value is -2.69. The first kappa shape index (κ1) is 20.6. The highest BCUT2D eigenvalue weighted by Crippen LogP contribution is 2.26. The predicted molar refractivity (Wildman–Crippen MR) is 106 cm³/mol. The molecule has 0 radical (unpaired) electrons. The Bertz CT molecular complexity index is 804. The van der Waals surface area contributed by atoms with E-state index < -0.39 is 17.8 Å². The van der Waals surface area contributed by atoms with Crippen LogP contribution >= 0.6 is 0 Å². The fraction of sp³-hybridized carbons (Fsp3) is 0.364. The van der Waals surface area contributed by atoms with Crippen molar-refractivity contribution < 1.29 is 14.0 Å². The van der Waals surface area contributed by atoms with Crippen LogP contribution in [-0.4, -0.2) is 17.9 Å². The highest BCUT2D eigenvalue weighted by molar-refractivity contribution is 6.01. The van der Waals surface area contributed by atoms with Crippen molar-refractivity contribution in [3.05, 3.63) is 65.5 Å². The van der Waals surface area contributed by atoms with Crippen molar-refractivity contribution in [3.8, 4) is 0 Å². The minimum Gasteiger partial charge on any atom is -0.340 e. The van der Waals surface area contributed by atoms with E-state index in [-0.39, 0.29) is 17.4 Å². The molecule has 0 saturated heterocycles. The average Bonchev–Trinajstić information content (AvgIpc) is 2.65. The van der Waals surface area contributed by atoms with E-state index in [1.165, 1.54) is 18.2 Å². The maximum absolute atomic E-state index is 13.9. The second-order valence-electron chi connectivity index (χ2n) is 7.06. The quantitative estimate of drug-likeness (QED) is 0.740. The number of hydrogen-bond acceptors (Lipinski definition) is 2. The maximum atomic E-state index is 13.9. The second kappa shape index (κ2) is 9.31. The summed E-state index contributed by atoms with van der Waals surface area (Å²) in [6, 6.07) is 12.6. The average molecular weight is 370 g/mol. The molecule has 2 atom stereocenters. The third-order valence-corrected chi connectivity index (χ3v) is 4.72. The molecule has 0 unspecified atom stereocenters. The molecule has 2 rings (SSSR count). The molecule has 0 bridgehead atoms. The van der Waals surface area contributed by atoms with Crippen molar-refractivity contribution in [1.29, 1.82) is 0 Å². The fourth-order valence-electron chi connectivity index (χ4n) is 2.87. The Morgan fingerprint density at radius 3 is 2.26 bits per heavy atom. The zero-order valence-corrected chi connectivity index (χ0v) is 16.3. The third-order valence-electron chi connectivity index (χ3n) is 4.72. The predicted octanol–water partition coefficient (Wildman–Crippen LogP) is 4.73. The van der Waals surface area contributed by atoms with Gasteiger partial charge in [0.15, 0.2) is 0 Å². The first-order valence-electron chi connectivity index (χ1n) is 9.30. The van der Waals surface area contributed by atoms with Gasteiger partial charge in [-0.05, 0) is 42.0 Å². The van der Waals surface area contributed by atoms with E-state index in [0.29, 0.717) is 5.92 Å². The van der Waals surface area contributed by atoms with Crippen LogP contribution in [0.15, 0.2) is 48.5 Å². The Morgan fingerprint density at radius 2 is 1.63 bits per heavy atom. The number of anilines is 1. The van der Waals surface area contributed by atoms with Gasteiger partial charge in [0.1, 0.15) is 11.9 Å². The van der Waals surface area contributed by atoms with E-state index >= 15 is 0 Å². The zero-order valence-electron chi connectivity index (χ0n) is 16.3. The molecule has 2 N–H and O–H groups in total. The van der Waals surface area contributed by atoms with Crippen LogP contribution < -0.4 is 10.6 Å². The van der Waals surface area contributed by atoms with Crippen LogP contribution in [0.5, 0.6) is 0 Å². The fourth-order valence-corrected chi connectivity index (χ4v) is 2.87. The number of halogens is 1. The minimum atomic E-state index is -0.776. The molecule has 2 amide bonds. The summed E-state index contributed by atoms with van der Waals surface area (Å²) < 4.78 is 13.9. The lowest BCUT2D eigenvalue weighted by atomic mass is 9.96. The van der Waals surface area contributed by atoms with Gasteiger partial charge in [-0.3, -0.25) is 9.59 Å². The highest BCUT2D eigenvalue weighted by atomic mass is 19.1. The normalized spacial score (nSPS) is 13.1. The van der Waals surface area contributed by atoms with Gasteiger partial charge in [-0.2, -0.15) is 0 Å². The Labute approximate surface area is 160 Å². The number of benzene rings is 2. The van der Waals surface area contributed by atoms with Crippen LogP contribution in [0.2, 0.25) is 0 Å². The smallest absolute Gasteiger partial charge is 0.254 e. The highest BCUT2D eigenvalue weighted by Gasteiger charge is 2.26. The Balaban J connectivity index is 2.19. The van der Waals surface area contributed by atoms with E-state index in [4.69, 9.17) is 0 Å². The Morgan fingerprint density at radius 1 is 1.00 bits per heavy atom. The third kappa shape index (κ3) is 5.16. The number of nitrogens with one attached hydrogen (secondary N) is 2. The van der Waals surface area contributed by atoms with E-state index in [1.807, 2.05) is 38.1 Å². The SMILES string of the molecule is CC[C@@H](C)c1ccccc1NC(=O)[C@@H](NC(=O)c1ccccc1F)C(C)C. The standard InChI is InChI=1S/C22H27FN2O2/c1-5-15(4)16-10-7-9-13-19(16)24-22(27)20(14(2)3)25-21(26)17-11-6-8-12-18(17)23/h6-15,20H,5H2,1-4H3,(H,24,27)(H,25,26)/t15-,20+/m1/s1. The van der Waals surface area contributed by atoms with Crippen molar-refractivity contribution in [2.24, 2.45) is 5.92 Å². The van der Waals surface area contributed by atoms with Gasteiger partial charge in [0.2, 0.25) is 5.91 Å². The van der Waals surface area contributed by atoms with Crippen molar-refractivity contribution in [2.75, 3.05) is 5.32 Å². The molecule has 0 heterocycles. The largest absolute Gasteiger partial charge is 0.340 e. The van der Waals surface area contributed by atoms with Crippen molar-refractivity contribution in [2.45, 2.75) is 46.1 Å². The summed E-state index contributed by atoms with van der Waals surface area (Å²) in [7, 11) is 0. The summed E-state index contributed by atoms with van der Waals surface area (Å²) in [6.07, 6.45) is 0.949. The molecular formula is C22H27FN2O2. The molecule has 0 aliphatic rings. The first-order chi connectivity index (χ1) is 12.8. The number of hydrogen-bond donors (Lipinski definition) is 2. The maximum Gasteiger partial charge on any atom is 0.254 e. The van der Waals surface area contributed by atoms with Gasteiger partial charge in [-0.1, -0.05) is 58.0 Å². The van der Waals surface area contributed by atoms with Crippen LogP contribution in [0.1, 0.15) is 56.0 Å². The molecule has 0 fully saturated rings. The molecule has 27 heavy (non-hydrogen) atoms. The van der Waals surface area contributed by atoms with E-state index in [0.717, 1.165) is 17.7 Å². The second-order valence-corrected chi connectivity index (χ2v) is 7.06. The van der Waals surface area contributed by atoms with Gasteiger partial charge in [0.05, 0.1) is 5.56 Å². The number of carbonyl (C=O) groups is 2. The lowest BCUT2D eigenvalue weighted by Crippen LogP contribution is -2.47. The summed E-state index contributed by atoms with van der Waals surface area (Å²) in [6.45, 7) is 7.87. The topological polar surface area (TPSA) is 58.2 Å². The van der Waals surface area contributed by atoms with Crippen LogP contribution in [0, 0.1) is 11.7 Å². The molecule has 144 valence electrons. The summed E-state index contributed by atoms with van der Waals surface area (Å²) in [5.41, 5.74) is 1.72. The summed E-state index contributed by atoms with van der Waals surface area (Å²) in [5, 5.41) is 5.60. The lowest BCUT2D eigenvalue weighted by Gasteiger charge is -2.23. The van der Waals surface area contributed by atoms with Crippen molar-refractivity contribution in [1.82, 2.24) is 5.32 Å². The van der Waals surface area contributed by atoms with Gasteiger partial charge in [0, 0.05) is 5.69 Å². The summed E-state index contributed by atoms with van der Waals surface area (Å²) in [4.78, 5) is 25.3. The van der Waals surface area contributed by atoms with Gasteiger partial charge >= 0.3 is 0 Å². The lowest BCUT2D eigenvalue weighted by molar-refractivity contribution is -0.118. The van der Waals surface area contributed by atoms with Crippen molar-refractivity contribution in [3.63, 3.8) is 0 Å². The molecule has 0 aromatic heterocycles. The molecule has 4 nitrogen and oxygen atoms in total. The molecule has 0 aliphatic carbocycles. The van der Waals surface area contributed by atoms with Gasteiger partial charge < -0.3 is 10.6 Å². The molecule has 2 aromatic rings. The number of para-hydroxylation sites is 1. The Kier molecular flexibility index (Phi) is 7.11. The number of amides is 2. The zero-order chi connectivity index (χ0) is 20.0. The molecule has 0 aliphatic heterocycles. The van der Waals surface area contributed by atoms with Gasteiger partial charge in [-0.25, -0.2) is 4.39 Å². The number of rotatable bonds is 7. The van der Waals surface area contributed by atoms with E-state index in [1.54, 1.807) is 6.07 Å². The first-order valence-corrected chi connectivity index (χ1v) is 9.30. The molecule has 0 spiro atoms. The molecular weight excluding hydrogens is 343 g/mol. The van der Waals surface area contributed by atoms with Crippen LogP contribution in [0.3, 0.4) is 0 Å². The van der Waals surface area contributed by atoms with Gasteiger partial charge in [-0.15, -0.1) is 0 Å². The molecule has 5 heteroatoms. The summed E-state index contributed by atoms with van der Waals surface area (Å²) in [5.74, 6) is -1.38. The monoisotopic (exact) mass is 370 g/mol. The van der Waals surface area contributed by atoms with Crippen LogP contribution in [-0.2, 0) is 4.79 Å². The summed E-state index contributed by atoms with van der Waals surface area (Å²) >= 11 is 0. The van der Waals surface area contributed by atoms with E-state index in [2.05, 4.69) is 24.5 Å². The molecule has 0 saturated carbocycles. The van der Waals surface area contributed by atoms with Gasteiger partial charge in [0.25, 0.3) is 5.91 Å². The molecule has 2 aromatic carbocycles.